The fraction of sp³-hybridized carbons (Fsp3) is 0.143. The van der Waals surface area contributed by atoms with Gasteiger partial charge < -0.3 is 15.2 Å². The SMILES string of the molecule is O=C1NC(C(=O)Nc2ccc(F)cc2)Cn2cccc21. The molecule has 3 rings (SSSR count). The molecule has 1 aliphatic rings. The average Bonchev–Trinajstić information content (AvgIpc) is 2.90. The molecule has 0 fully saturated rings. The number of rotatable bonds is 2. The standard InChI is InChI=1S/C14H12FN3O2/c15-9-3-5-10(6-4-9)16-13(19)11-8-18-7-1-2-12(18)14(20)17-11/h1-7,11H,8H2,(H,16,19)(H,17,20). The number of carbonyl (C=O) groups excluding carboxylic acids is 2. The van der Waals surface area contributed by atoms with Crippen molar-refractivity contribution in [3.8, 4) is 0 Å². The Balaban J connectivity index is 1.73. The predicted molar refractivity (Wildman–Crippen MR) is 70.7 cm³/mol. The first-order valence-electron chi connectivity index (χ1n) is 6.16. The molecule has 2 amide bonds. The second-order valence-corrected chi connectivity index (χ2v) is 4.57. The summed E-state index contributed by atoms with van der Waals surface area (Å²) in [6.07, 6.45) is 1.76. The van der Waals surface area contributed by atoms with Crippen LogP contribution in [0.1, 0.15) is 10.5 Å². The van der Waals surface area contributed by atoms with E-state index in [9.17, 15) is 14.0 Å². The summed E-state index contributed by atoms with van der Waals surface area (Å²) < 4.78 is 14.5. The molecule has 6 heteroatoms. The Morgan fingerprint density at radius 1 is 1.30 bits per heavy atom. The molecule has 102 valence electrons. The Kier molecular flexibility index (Phi) is 2.98. The van der Waals surface area contributed by atoms with E-state index in [1.165, 1.54) is 24.3 Å². The van der Waals surface area contributed by atoms with Crippen molar-refractivity contribution in [1.29, 1.82) is 0 Å². The van der Waals surface area contributed by atoms with Crippen LogP contribution in [0.15, 0.2) is 42.6 Å². The van der Waals surface area contributed by atoms with Crippen molar-refractivity contribution >= 4 is 17.5 Å². The lowest BCUT2D eigenvalue weighted by atomic mass is 10.2. The number of hydrogen-bond donors (Lipinski definition) is 2. The highest BCUT2D eigenvalue weighted by molar-refractivity contribution is 6.01. The van der Waals surface area contributed by atoms with Crippen LogP contribution < -0.4 is 10.6 Å². The maximum atomic E-state index is 12.8. The fourth-order valence-corrected chi connectivity index (χ4v) is 2.17. The van der Waals surface area contributed by atoms with Crippen molar-refractivity contribution in [2.75, 3.05) is 5.32 Å². The minimum Gasteiger partial charge on any atom is -0.341 e. The summed E-state index contributed by atoms with van der Waals surface area (Å²) in [4.78, 5) is 23.9. The second-order valence-electron chi connectivity index (χ2n) is 4.57. The molecule has 5 nitrogen and oxygen atoms in total. The Bertz CT molecular complexity index is 663. The van der Waals surface area contributed by atoms with E-state index >= 15 is 0 Å². The molecule has 2 aromatic rings. The molecular weight excluding hydrogens is 261 g/mol. The maximum absolute atomic E-state index is 12.8. The first kappa shape index (κ1) is 12.4. The van der Waals surface area contributed by atoms with Crippen LogP contribution in [0.25, 0.3) is 0 Å². The number of benzene rings is 1. The Hall–Kier alpha value is -2.63. The van der Waals surface area contributed by atoms with E-state index in [1.54, 1.807) is 22.9 Å². The van der Waals surface area contributed by atoms with Crippen molar-refractivity contribution in [1.82, 2.24) is 9.88 Å². The van der Waals surface area contributed by atoms with Gasteiger partial charge in [-0.15, -0.1) is 0 Å². The van der Waals surface area contributed by atoms with E-state index in [-0.39, 0.29) is 17.6 Å². The second kappa shape index (κ2) is 4.80. The Labute approximate surface area is 114 Å². The van der Waals surface area contributed by atoms with Crippen LogP contribution in [0.5, 0.6) is 0 Å². The van der Waals surface area contributed by atoms with Crippen LogP contribution in [0.4, 0.5) is 10.1 Å². The normalized spacial score (nSPS) is 17.2. The highest BCUT2D eigenvalue weighted by atomic mass is 19.1. The number of anilines is 1. The third-order valence-corrected chi connectivity index (χ3v) is 3.18. The molecule has 0 saturated carbocycles. The zero-order chi connectivity index (χ0) is 14.1. The van der Waals surface area contributed by atoms with Gasteiger partial charge in [0.25, 0.3) is 5.91 Å². The molecule has 2 heterocycles. The van der Waals surface area contributed by atoms with Gasteiger partial charge in [-0.3, -0.25) is 9.59 Å². The molecule has 1 unspecified atom stereocenters. The monoisotopic (exact) mass is 273 g/mol. The van der Waals surface area contributed by atoms with Gasteiger partial charge in [-0.1, -0.05) is 0 Å². The van der Waals surface area contributed by atoms with Gasteiger partial charge in [0.05, 0.1) is 6.54 Å². The summed E-state index contributed by atoms with van der Waals surface area (Å²) in [7, 11) is 0. The van der Waals surface area contributed by atoms with Crippen molar-refractivity contribution < 1.29 is 14.0 Å². The van der Waals surface area contributed by atoms with Gasteiger partial charge in [-0.2, -0.15) is 0 Å². The molecule has 20 heavy (non-hydrogen) atoms. The highest BCUT2D eigenvalue weighted by Crippen LogP contribution is 2.13. The van der Waals surface area contributed by atoms with Crippen LogP contribution in [0.2, 0.25) is 0 Å². The molecule has 0 radical (unpaired) electrons. The van der Waals surface area contributed by atoms with Gasteiger partial charge in [0.1, 0.15) is 17.6 Å². The number of aromatic nitrogens is 1. The lowest BCUT2D eigenvalue weighted by Crippen LogP contribution is -2.50. The van der Waals surface area contributed by atoms with Gasteiger partial charge in [-0.25, -0.2) is 4.39 Å². The molecular formula is C14H12FN3O2. The van der Waals surface area contributed by atoms with Crippen LogP contribution >= 0.6 is 0 Å². The molecule has 0 saturated heterocycles. The number of fused-ring (bicyclic) bond motifs is 1. The minimum atomic E-state index is -0.646. The Morgan fingerprint density at radius 2 is 2.05 bits per heavy atom. The average molecular weight is 273 g/mol. The van der Waals surface area contributed by atoms with Gasteiger partial charge in [-0.05, 0) is 36.4 Å². The van der Waals surface area contributed by atoms with E-state index < -0.39 is 6.04 Å². The lowest BCUT2D eigenvalue weighted by molar-refractivity contribution is -0.118. The van der Waals surface area contributed by atoms with E-state index in [4.69, 9.17) is 0 Å². The maximum Gasteiger partial charge on any atom is 0.268 e. The van der Waals surface area contributed by atoms with E-state index in [0.29, 0.717) is 17.9 Å². The topological polar surface area (TPSA) is 63.1 Å². The summed E-state index contributed by atoms with van der Waals surface area (Å²) in [6, 6.07) is 8.28. The third-order valence-electron chi connectivity index (χ3n) is 3.18. The molecule has 0 spiro atoms. The lowest BCUT2D eigenvalue weighted by Gasteiger charge is -2.24. The van der Waals surface area contributed by atoms with E-state index in [2.05, 4.69) is 10.6 Å². The zero-order valence-corrected chi connectivity index (χ0v) is 10.5. The van der Waals surface area contributed by atoms with Gasteiger partial charge in [0, 0.05) is 11.9 Å². The van der Waals surface area contributed by atoms with Crippen LogP contribution in [-0.2, 0) is 11.3 Å². The zero-order valence-electron chi connectivity index (χ0n) is 10.5. The van der Waals surface area contributed by atoms with Crippen molar-refractivity contribution in [3.63, 3.8) is 0 Å². The summed E-state index contributed by atoms with van der Waals surface area (Å²) in [5.41, 5.74) is 1.03. The number of nitrogens with one attached hydrogen (secondary N) is 2. The number of halogens is 1. The fourth-order valence-electron chi connectivity index (χ4n) is 2.17. The first-order chi connectivity index (χ1) is 9.63. The van der Waals surface area contributed by atoms with Crippen molar-refractivity contribution in [2.24, 2.45) is 0 Å². The van der Waals surface area contributed by atoms with Crippen molar-refractivity contribution in [2.45, 2.75) is 12.6 Å². The van der Waals surface area contributed by atoms with Crippen LogP contribution in [0.3, 0.4) is 0 Å². The molecule has 1 atom stereocenters. The minimum absolute atomic E-state index is 0.277. The van der Waals surface area contributed by atoms with Crippen LogP contribution in [-0.4, -0.2) is 22.4 Å². The predicted octanol–water partition coefficient (Wildman–Crippen LogP) is 1.38. The highest BCUT2D eigenvalue weighted by Gasteiger charge is 2.28. The summed E-state index contributed by atoms with van der Waals surface area (Å²) >= 11 is 0. The van der Waals surface area contributed by atoms with Gasteiger partial charge in [0.15, 0.2) is 0 Å². The molecule has 2 N–H and O–H groups in total. The largest absolute Gasteiger partial charge is 0.341 e. The molecule has 0 bridgehead atoms. The van der Waals surface area contributed by atoms with Crippen molar-refractivity contribution in [3.05, 3.63) is 54.1 Å². The number of hydrogen-bond acceptors (Lipinski definition) is 2. The quantitative estimate of drug-likeness (QED) is 0.868. The van der Waals surface area contributed by atoms with E-state index in [0.717, 1.165) is 0 Å². The van der Waals surface area contributed by atoms with Gasteiger partial charge in [0.2, 0.25) is 5.91 Å². The first-order valence-corrected chi connectivity index (χ1v) is 6.16. The molecule has 1 aromatic carbocycles. The molecule has 1 aliphatic heterocycles. The van der Waals surface area contributed by atoms with Gasteiger partial charge >= 0.3 is 0 Å². The number of amides is 2. The Morgan fingerprint density at radius 3 is 2.80 bits per heavy atom. The summed E-state index contributed by atoms with van der Waals surface area (Å²) in [5, 5.41) is 5.29. The molecule has 1 aromatic heterocycles. The summed E-state index contributed by atoms with van der Waals surface area (Å²) in [5.74, 6) is -0.976. The molecule has 0 aliphatic carbocycles. The third kappa shape index (κ3) is 2.27. The van der Waals surface area contributed by atoms with Crippen LogP contribution in [0, 0.1) is 5.82 Å². The van der Waals surface area contributed by atoms with E-state index in [1.807, 2.05) is 0 Å². The number of carbonyl (C=O) groups is 2. The number of nitrogens with zero attached hydrogens (tertiary/aromatic N) is 1. The smallest absolute Gasteiger partial charge is 0.268 e. The summed E-state index contributed by atoms with van der Waals surface area (Å²) in [6.45, 7) is 0.376.